The highest BCUT2D eigenvalue weighted by Crippen LogP contribution is 2.37. The second-order valence-corrected chi connectivity index (χ2v) is 13.9. The van der Waals surface area contributed by atoms with Crippen LogP contribution < -0.4 is 0 Å². The van der Waals surface area contributed by atoms with Crippen LogP contribution in [0.3, 0.4) is 0 Å². The van der Waals surface area contributed by atoms with E-state index in [4.69, 9.17) is 21.0 Å². The van der Waals surface area contributed by atoms with Crippen molar-refractivity contribution in [3.63, 3.8) is 0 Å². The number of rotatable bonds is 5. The van der Waals surface area contributed by atoms with Crippen molar-refractivity contribution in [3.05, 3.63) is 40.8 Å². The van der Waals surface area contributed by atoms with Crippen LogP contribution in [0.1, 0.15) is 32.3 Å². The van der Waals surface area contributed by atoms with Crippen molar-refractivity contribution in [1.82, 2.24) is 9.55 Å². The molecule has 0 radical (unpaired) electrons. The van der Waals surface area contributed by atoms with Gasteiger partial charge in [-0.1, -0.05) is 50.2 Å². The Morgan fingerprint density at radius 1 is 1.29 bits per heavy atom. The quantitative estimate of drug-likeness (QED) is 0.588. The number of imidazole rings is 1. The van der Waals surface area contributed by atoms with E-state index in [1.54, 1.807) is 11.8 Å². The van der Waals surface area contributed by atoms with Crippen LogP contribution in [-0.2, 0) is 18.1 Å². The Balaban J connectivity index is 2.17. The van der Waals surface area contributed by atoms with Gasteiger partial charge in [-0.3, -0.25) is 0 Å². The smallest absolute Gasteiger partial charge is 0.192 e. The van der Waals surface area contributed by atoms with Crippen molar-refractivity contribution in [2.24, 2.45) is 7.05 Å². The number of halogens is 1. The maximum atomic E-state index is 6.32. The molecule has 0 spiro atoms. The van der Waals surface area contributed by atoms with Crippen molar-refractivity contribution in [2.45, 2.75) is 62.4 Å². The number of aromatic nitrogens is 2. The fourth-order valence-corrected chi connectivity index (χ4v) is 4.22. The van der Waals surface area contributed by atoms with Gasteiger partial charge in [-0.2, -0.15) is 0 Å². The van der Waals surface area contributed by atoms with Crippen LogP contribution in [0, 0.1) is 6.92 Å². The first-order valence-corrected chi connectivity index (χ1v) is 12.2. The summed E-state index contributed by atoms with van der Waals surface area (Å²) in [5.41, 5.74) is 1.02. The molecule has 0 unspecified atom stereocenters. The van der Waals surface area contributed by atoms with Gasteiger partial charge in [-0.15, -0.1) is 0 Å². The molecule has 0 saturated heterocycles. The van der Waals surface area contributed by atoms with E-state index in [1.165, 1.54) is 0 Å². The first kappa shape index (κ1) is 19.6. The molecule has 0 aliphatic heterocycles. The molecule has 2 rings (SSSR count). The summed E-state index contributed by atoms with van der Waals surface area (Å²) in [6.45, 7) is 13.9. The summed E-state index contributed by atoms with van der Waals surface area (Å²) < 4.78 is 8.46. The lowest BCUT2D eigenvalue weighted by molar-refractivity contribution is 0.263. The van der Waals surface area contributed by atoms with E-state index < -0.39 is 8.32 Å². The van der Waals surface area contributed by atoms with E-state index in [-0.39, 0.29) is 5.04 Å². The molecule has 0 atom stereocenters. The summed E-state index contributed by atoms with van der Waals surface area (Å²) >= 11 is 7.77. The second-order valence-electron chi connectivity index (χ2n) is 7.59. The first-order chi connectivity index (χ1) is 11.0. The Kier molecular flexibility index (Phi) is 5.90. The van der Waals surface area contributed by atoms with Crippen molar-refractivity contribution in [1.29, 1.82) is 0 Å². The van der Waals surface area contributed by atoms with Crippen molar-refractivity contribution < 1.29 is 4.43 Å². The summed E-state index contributed by atoms with van der Waals surface area (Å²) in [6.07, 6.45) is 0. The number of aryl methyl sites for hydroxylation is 1. The maximum Gasteiger partial charge on any atom is 0.192 e. The molecule has 0 N–H and O–H groups in total. The zero-order valence-electron chi connectivity index (χ0n) is 15.6. The summed E-state index contributed by atoms with van der Waals surface area (Å²) in [6, 6.07) is 7.90. The van der Waals surface area contributed by atoms with Crippen molar-refractivity contribution in [2.75, 3.05) is 0 Å². The van der Waals surface area contributed by atoms with Crippen LogP contribution in [0.5, 0.6) is 0 Å². The molecule has 0 aliphatic carbocycles. The van der Waals surface area contributed by atoms with E-state index in [0.717, 1.165) is 26.5 Å². The molecular formula is C18H27ClN2OSSi. The topological polar surface area (TPSA) is 27.1 Å². The highest BCUT2D eigenvalue weighted by Gasteiger charge is 2.37. The molecule has 1 aromatic heterocycles. The van der Waals surface area contributed by atoms with Gasteiger partial charge >= 0.3 is 0 Å². The lowest BCUT2D eigenvalue weighted by Gasteiger charge is -2.36. The Labute approximate surface area is 155 Å². The third-order valence-electron chi connectivity index (χ3n) is 4.68. The molecule has 0 amide bonds. The summed E-state index contributed by atoms with van der Waals surface area (Å²) in [7, 11) is 0.275. The Morgan fingerprint density at radius 2 is 1.96 bits per heavy atom. The van der Waals surface area contributed by atoms with Crippen LogP contribution >= 0.6 is 23.4 Å². The molecule has 1 heterocycles. The van der Waals surface area contributed by atoms with Gasteiger partial charge in [-0.25, -0.2) is 4.98 Å². The Bertz CT molecular complexity index is 722. The van der Waals surface area contributed by atoms with Crippen molar-refractivity contribution >= 4 is 31.7 Å². The van der Waals surface area contributed by atoms with E-state index in [2.05, 4.69) is 51.5 Å². The van der Waals surface area contributed by atoms with Crippen molar-refractivity contribution in [3.8, 4) is 0 Å². The molecular weight excluding hydrogens is 356 g/mol. The maximum absolute atomic E-state index is 6.32. The van der Waals surface area contributed by atoms with Crippen LogP contribution in [0.2, 0.25) is 23.2 Å². The Hall–Kier alpha value is -0.753. The lowest BCUT2D eigenvalue weighted by Crippen LogP contribution is -2.40. The SMILES string of the molecule is Cc1nc(CO[Si](C)(C)C(C)(C)C)n(C)c1Sc1cccc(Cl)c1. The van der Waals surface area contributed by atoms with Gasteiger partial charge in [0.05, 0.1) is 12.3 Å². The molecule has 6 heteroatoms. The molecule has 0 fully saturated rings. The molecule has 0 bridgehead atoms. The largest absolute Gasteiger partial charge is 0.409 e. The molecule has 2 aromatic rings. The highest BCUT2D eigenvalue weighted by molar-refractivity contribution is 7.99. The van der Waals surface area contributed by atoms with Gasteiger partial charge in [0.25, 0.3) is 0 Å². The fourth-order valence-electron chi connectivity index (χ4n) is 2.05. The zero-order valence-corrected chi connectivity index (χ0v) is 18.2. The second kappa shape index (κ2) is 7.24. The summed E-state index contributed by atoms with van der Waals surface area (Å²) in [5.74, 6) is 0.974. The van der Waals surface area contributed by atoms with Crippen LogP contribution in [0.4, 0.5) is 0 Å². The van der Waals surface area contributed by atoms with Crippen LogP contribution in [-0.4, -0.2) is 17.9 Å². The predicted molar refractivity (Wildman–Crippen MR) is 106 cm³/mol. The predicted octanol–water partition coefficient (Wildman–Crippen LogP) is 6.05. The molecule has 24 heavy (non-hydrogen) atoms. The molecule has 0 saturated carbocycles. The van der Waals surface area contributed by atoms with Gasteiger partial charge in [0.15, 0.2) is 8.32 Å². The third kappa shape index (κ3) is 4.45. The average Bonchev–Trinajstić information content (AvgIpc) is 2.72. The van der Waals surface area contributed by atoms with E-state index >= 15 is 0 Å². The minimum Gasteiger partial charge on any atom is -0.409 e. The van der Waals surface area contributed by atoms with Gasteiger partial charge in [0, 0.05) is 17.0 Å². The normalized spacial score (nSPS) is 12.7. The monoisotopic (exact) mass is 382 g/mol. The van der Waals surface area contributed by atoms with Crippen LogP contribution in [0.25, 0.3) is 0 Å². The molecule has 132 valence electrons. The van der Waals surface area contributed by atoms with Crippen LogP contribution in [0.15, 0.2) is 34.2 Å². The van der Waals surface area contributed by atoms with Gasteiger partial charge in [0.2, 0.25) is 0 Å². The highest BCUT2D eigenvalue weighted by atomic mass is 35.5. The number of hydrogen-bond acceptors (Lipinski definition) is 3. The minimum absolute atomic E-state index is 0.200. The zero-order chi connectivity index (χ0) is 18.1. The number of nitrogens with zero attached hydrogens (tertiary/aromatic N) is 2. The fraction of sp³-hybridized carbons (Fsp3) is 0.500. The minimum atomic E-state index is -1.78. The molecule has 3 nitrogen and oxygen atoms in total. The standard InChI is InChI=1S/C18H27ClN2OSSi/c1-13-17(23-15-10-8-9-14(19)11-15)21(5)16(20-13)12-22-24(6,7)18(2,3)4/h8-11H,12H2,1-7H3. The first-order valence-electron chi connectivity index (χ1n) is 8.11. The third-order valence-corrected chi connectivity index (χ3v) is 10.6. The van der Waals surface area contributed by atoms with E-state index in [1.807, 2.05) is 25.1 Å². The number of benzene rings is 1. The van der Waals surface area contributed by atoms with Gasteiger partial charge < -0.3 is 8.99 Å². The van der Waals surface area contributed by atoms with Gasteiger partial charge in [-0.05, 0) is 43.3 Å². The average molecular weight is 383 g/mol. The van der Waals surface area contributed by atoms with E-state index in [0.29, 0.717) is 6.61 Å². The molecule has 0 aliphatic rings. The summed E-state index contributed by atoms with van der Waals surface area (Å²) in [4.78, 5) is 5.84. The van der Waals surface area contributed by atoms with Gasteiger partial charge in [0.1, 0.15) is 10.9 Å². The molecule has 1 aromatic carbocycles. The van der Waals surface area contributed by atoms with E-state index in [9.17, 15) is 0 Å². The lowest BCUT2D eigenvalue weighted by atomic mass is 10.2. The number of hydrogen-bond donors (Lipinski definition) is 0. The Morgan fingerprint density at radius 3 is 2.54 bits per heavy atom. The summed E-state index contributed by atoms with van der Waals surface area (Å²) in [5, 5.41) is 2.08.